The molecule has 10 rings (SSSR count). The molecule has 0 spiro atoms. The Morgan fingerprint density at radius 3 is 1.27 bits per heavy atom. The standard InChI is InChI=1S/C60H53N3/c1-59(2,3)46-25-32-50(33-26-46)61(48-18-12-8-13-19-48)53-31-24-44-39-56-55-37-36-54(62(49-20-14-9-15-21-49)51-34-27-47(28-35-51)60(4,5)6)41-58(55)63(57(56)40-45(44)38-53)52-29-22-43(23-30-52)42-16-10-7-11-17-42/h7-41H,1-6H3. The van der Waals surface area contributed by atoms with Crippen molar-refractivity contribution >= 4 is 66.7 Å². The normalized spacial score (nSPS) is 12.0. The summed E-state index contributed by atoms with van der Waals surface area (Å²) in [4.78, 5) is 4.74. The Kier molecular flexibility index (Phi) is 9.99. The molecule has 0 amide bonds. The second kappa shape index (κ2) is 15.8. The van der Waals surface area contributed by atoms with Gasteiger partial charge in [-0.1, -0.05) is 157 Å². The molecule has 1 aromatic heterocycles. The number of aromatic nitrogens is 1. The van der Waals surface area contributed by atoms with E-state index in [1.807, 2.05) is 0 Å². The molecule has 0 fully saturated rings. The molecule has 3 heteroatoms. The van der Waals surface area contributed by atoms with Crippen LogP contribution < -0.4 is 9.80 Å². The molecular formula is C60H53N3. The van der Waals surface area contributed by atoms with Gasteiger partial charge in [0, 0.05) is 50.6 Å². The zero-order chi connectivity index (χ0) is 43.3. The van der Waals surface area contributed by atoms with Gasteiger partial charge in [0.25, 0.3) is 0 Å². The third kappa shape index (κ3) is 7.65. The Morgan fingerprint density at radius 2 is 0.746 bits per heavy atom. The molecule has 0 aliphatic rings. The topological polar surface area (TPSA) is 11.4 Å². The van der Waals surface area contributed by atoms with Crippen molar-refractivity contribution < 1.29 is 0 Å². The summed E-state index contributed by atoms with van der Waals surface area (Å²) in [7, 11) is 0. The van der Waals surface area contributed by atoms with E-state index in [4.69, 9.17) is 0 Å². The van der Waals surface area contributed by atoms with E-state index in [0.717, 1.165) is 45.3 Å². The first kappa shape index (κ1) is 39.8. The molecule has 0 aliphatic carbocycles. The molecular weight excluding hydrogens is 763 g/mol. The van der Waals surface area contributed by atoms with Crippen molar-refractivity contribution in [1.29, 1.82) is 0 Å². The Morgan fingerprint density at radius 1 is 0.317 bits per heavy atom. The minimum absolute atomic E-state index is 0.0633. The van der Waals surface area contributed by atoms with Crippen LogP contribution in [0.25, 0.3) is 49.4 Å². The summed E-state index contributed by atoms with van der Waals surface area (Å²) >= 11 is 0. The molecule has 10 aromatic rings. The van der Waals surface area contributed by atoms with Crippen LogP contribution in [0, 0.1) is 0 Å². The van der Waals surface area contributed by atoms with Crippen LogP contribution in [-0.4, -0.2) is 4.57 Å². The van der Waals surface area contributed by atoms with Crippen molar-refractivity contribution in [2.45, 2.75) is 52.4 Å². The van der Waals surface area contributed by atoms with Crippen molar-refractivity contribution in [1.82, 2.24) is 4.57 Å². The van der Waals surface area contributed by atoms with E-state index in [0.29, 0.717) is 0 Å². The third-order valence-corrected chi connectivity index (χ3v) is 12.5. The Labute approximate surface area is 372 Å². The van der Waals surface area contributed by atoms with Gasteiger partial charge in [-0.2, -0.15) is 0 Å². The summed E-state index contributed by atoms with van der Waals surface area (Å²) in [5, 5.41) is 4.83. The maximum absolute atomic E-state index is 2.46. The fourth-order valence-corrected chi connectivity index (χ4v) is 9.00. The van der Waals surface area contributed by atoms with Gasteiger partial charge in [0.2, 0.25) is 0 Å². The van der Waals surface area contributed by atoms with E-state index in [1.165, 1.54) is 49.3 Å². The SMILES string of the molecule is CC(C)(C)c1ccc(N(c2ccccc2)c2ccc3cc4c5ccc(N(c6ccccc6)c6ccc(C(C)(C)C)cc6)cc5n(-c5ccc(-c6ccccc6)cc5)c4cc3c2)cc1. The molecule has 0 saturated heterocycles. The zero-order valence-corrected chi connectivity index (χ0v) is 37.0. The van der Waals surface area contributed by atoms with Crippen LogP contribution in [0.2, 0.25) is 0 Å². The van der Waals surface area contributed by atoms with E-state index < -0.39 is 0 Å². The first-order chi connectivity index (χ1) is 30.5. The number of nitrogens with zero attached hydrogens (tertiary/aromatic N) is 3. The monoisotopic (exact) mass is 815 g/mol. The van der Waals surface area contributed by atoms with Gasteiger partial charge >= 0.3 is 0 Å². The van der Waals surface area contributed by atoms with Crippen LogP contribution in [0.5, 0.6) is 0 Å². The highest BCUT2D eigenvalue weighted by molar-refractivity contribution is 6.14. The number of rotatable bonds is 8. The third-order valence-electron chi connectivity index (χ3n) is 12.5. The molecule has 0 bridgehead atoms. The fourth-order valence-electron chi connectivity index (χ4n) is 9.00. The van der Waals surface area contributed by atoms with E-state index >= 15 is 0 Å². The van der Waals surface area contributed by atoms with Gasteiger partial charge in [-0.3, -0.25) is 0 Å². The van der Waals surface area contributed by atoms with Gasteiger partial charge < -0.3 is 14.4 Å². The molecule has 3 nitrogen and oxygen atoms in total. The molecule has 1 heterocycles. The first-order valence-corrected chi connectivity index (χ1v) is 22.1. The highest BCUT2D eigenvalue weighted by Crippen LogP contribution is 2.43. The lowest BCUT2D eigenvalue weighted by Crippen LogP contribution is -2.13. The van der Waals surface area contributed by atoms with Gasteiger partial charge in [0.05, 0.1) is 11.0 Å². The fraction of sp³-hybridized carbons (Fsp3) is 0.133. The average Bonchev–Trinajstić information content (AvgIpc) is 3.61. The summed E-state index contributed by atoms with van der Waals surface area (Å²) in [6.45, 7) is 13.6. The van der Waals surface area contributed by atoms with Gasteiger partial charge in [-0.15, -0.1) is 0 Å². The Bertz CT molecular complexity index is 3190. The lowest BCUT2D eigenvalue weighted by molar-refractivity contribution is 0.590. The van der Waals surface area contributed by atoms with Crippen LogP contribution in [0.3, 0.4) is 0 Å². The first-order valence-electron chi connectivity index (χ1n) is 22.1. The van der Waals surface area contributed by atoms with Crippen molar-refractivity contribution in [3.63, 3.8) is 0 Å². The number of fused-ring (bicyclic) bond motifs is 4. The van der Waals surface area contributed by atoms with E-state index in [1.54, 1.807) is 0 Å². The van der Waals surface area contributed by atoms with Gasteiger partial charge in [-0.05, 0) is 141 Å². The van der Waals surface area contributed by atoms with Crippen molar-refractivity contribution in [3.8, 4) is 16.8 Å². The molecule has 63 heavy (non-hydrogen) atoms. The molecule has 9 aromatic carbocycles. The largest absolute Gasteiger partial charge is 0.310 e. The zero-order valence-electron chi connectivity index (χ0n) is 37.0. The van der Waals surface area contributed by atoms with Gasteiger partial charge in [0.15, 0.2) is 0 Å². The van der Waals surface area contributed by atoms with Crippen LogP contribution >= 0.6 is 0 Å². The lowest BCUT2D eigenvalue weighted by Gasteiger charge is -2.27. The molecule has 308 valence electrons. The Hall–Kier alpha value is -7.36. The molecule has 0 unspecified atom stereocenters. The van der Waals surface area contributed by atoms with E-state index in [2.05, 4.69) is 268 Å². The van der Waals surface area contributed by atoms with E-state index in [9.17, 15) is 0 Å². The highest BCUT2D eigenvalue weighted by atomic mass is 15.1. The molecule has 0 saturated carbocycles. The minimum atomic E-state index is 0.0633. The second-order valence-corrected chi connectivity index (χ2v) is 18.8. The predicted octanol–water partition coefficient (Wildman–Crippen LogP) is 17.1. The second-order valence-electron chi connectivity index (χ2n) is 18.8. The maximum atomic E-state index is 2.46. The number of hydrogen-bond donors (Lipinski definition) is 0. The van der Waals surface area contributed by atoms with Crippen molar-refractivity contribution in [2.24, 2.45) is 0 Å². The van der Waals surface area contributed by atoms with Crippen molar-refractivity contribution in [2.75, 3.05) is 9.80 Å². The van der Waals surface area contributed by atoms with Crippen LogP contribution in [-0.2, 0) is 10.8 Å². The van der Waals surface area contributed by atoms with Crippen LogP contribution in [0.1, 0.15) is 52.7 Å². The molecule has 0 N–H and O–H groups in total. The maximum Gasteiger partial charge on any atom is 0.0561 e. The molecule has 0 radical (unpaired) electrons. The number of benzene rings is 9. The molecule has 0 atom stereocenters. The smallest absolute Gasteiger partial charge is 0.0561 e. The molecule has 0 aliphatic heterocycles. The summed E-state index contributed by atoms with van der Waals surface area (Å²) in [6, 6.07) is 77.9. The number of para-hydroxylation sites is 2. The van der Waals surface area contributed by atoms with Gasteiger partial charge in [-0.25, -0.2) is 0 Å². The van der Waals surface area contributed by atoms with Crippen LogP contribution in [0.4, 0.5) is 34.1 Å². The number of anilines is 6. The quantitative estimate of drug-likeness (QED) is 0.151. The highest BCUT2D eigenvalue weighted by Gasteiger charge is 2.21. The van der Waals surface area contributed by atoms with E-state index in [-0.39, 0.29) is 10.8 Å². The van der Waals surface area contributed by atoms with Gasteiger partial charge in [0.1, 0.15) is 0 Å². The summed E-state index contributed by atoms with van der Waals surface area (Å²) in [5.41, 5.74) is 15.3. The summed E-state index contributed by atoms with van der Waals surface area (Å²) in [5.74, 6) is 0. The average molecular weight is 816 g/mol. The van der Waals surface area contributed by atoms with Crippen LogP contribution in [0.15, 0.2) is 212 Å². The summed E-state index contributed by atoms with van der Waals surface area (Å²) in [6.07, 6.45) is 0. The van der Waals surface area contributed by atoms with Crippen molar-refractivity contribution in [3.05, 3.63) is 223 Å². The number of hydrogen-bond acceptors (Lipinski definition) is 2. The summed E-state index contributed by atoms with van der Waals surface area (Å²) < 4.78 is 2.46. The predicted molar refractivity (Wildman–Crippen MR) is 270 cm³/mol. The lowest BCUT2D eigenvalue weighted by atomic mass is 9.87. The minimum Gasteiger partial charge on any atom is -0.310 e. The Balaban J connectivity index is 1.17.